The molecule has 0 saturated heterocycles. The van der Waals surface area contributed by atoms with Gasteiger partial charge in [0.2, 0.25) is 12.1 Å². The predicted molar refractivity (Wildman–Crippen MR) is 55.0 cm³/mol. The molecular formula is C10H17NO4. The second-order valence-corrected chi connectivity index (χ2v) is 2.84. The van der Waals surface area contributed by atoms with Crippen molar-refractivity contribution in [3.05, 3.63) is 12.7 Å². The summed E-state index contributed by atoms with van der Waals surface area (Å²) in [6.45, 7) is 5.67. The Morgan fingerprint density at radius 2 is 2.20 bits per heavy atom. The third-order valence-corrected chi connectivity index (χ3v) is 1.66. The number of hydrogen-bond donors (Lipinski definition) is 1. The zero-order valence-corrected chi connectivity index (χ0v) is 9.12. The van der Waals surface area contributed by atoms with Crippen LogP contribution in [0.4, 0.5) is 0 Å². The Bertz CT molecular complexity index is 227. The maximum Gasteiger partial charge on any atom is 0.356 e. The van der Waals surface area contributed by atoms with Crippen molar-refractivity contribution >= 4 is 11.9 Å². The van der Waals surface area contributed by atoms with Gasteiger partial charge in [-0.05, 0) is 12.5 Å². The van der Waals surface area contributed by atoms with Crippen LogP contribution in [0.25, 0.3) is 0 Å². The Morgan fingerprint density at radius 1 is 1.53 bits per heavy atom. The van der Waals surface area contributed by atoms with E-state index in [2.05, 4.69) is 16.6 Å². The number of nitrogens with one attached hydrogen (secondary N) is 1. The second kappa shape index (κ2) is 7.99. The number of esters is 1. The third kappa shape index (κ3) is 5.85. The molecule has 0 heterocycles. The van der Waals surface area contributed by atoms with E-state index >= 15 is 0 Å². The number of hydrogen-bond acceptors (Lipinski definition) is 4. The lowest BCUT2D eigenvalue weighted by atomic mass is 10.4. The molecule has 1 atom stereocenters. The Hall–Kier alpha value is -1.36. The van der Waals surface area contributed by atoms with E-state index in [4.69, 9.17) is 4.74 Å². The highest BCUT2D eigenvalue weighted by Gasteiger charge is 2.20. The summed E-state index contributed by atoms with van der Waals surface area (Å²) >= 11 is 0. The third-order valence-electron chi connectivity index (χ3n) is 1.66. The summed E-state index contributed by atoms with van der Waals surface area (Å²) in [6.07, 6.45) is 1.78. The van der Waals surface area contributed by atoms with Gasteiger partial charge in [0.25, 0.3) is 0 Å². The van der Waals surface area contributed by atoms with Crippen LogP contribution in [0.1, 0.15) is 19.8 Å². The SMILES string of the molecule is C=CC(=O)NC(OCCCC)C(=O)OC. The summed E-state index contributed by atoms with van der Waals surface area (Å²) in [4.78, 5) is 22.1. The molecule has 0 aromatic rings. The van der Waals surface area contributed by atoms with Gasteiger partial charge in [-0.15, -0.1) is 0 Å². The summed E-state index contributed by atoms with van der Waals surface area (Å²) in [6, 6.07) is 0. The molecule has 0 fully saturated rings. The number of carbonyl (C=O) groups is 2. The number of unbranched alkanes of at least 4 members (excludes halogenated alkanes) is 1. The molecule has 0 bridgehead atoms. The van der Waals surface area contributed by atoms with Crippen LogP contribution in [0.5, 0.6) is 0 Å². The lowest BCUT2D eigenvalue weighted by Gasteiger charge is -2.15. The summed E-state index contributed by atoms with van der Waals surface area (Å²) in [5.74, 6) is -1.09. The molecule has 0 rings (SSSR count). The van der Waals surface area contributed by atoms with E-state index in [1.807, 2.05) is 6.92 Å². The number of ether oxygens (including phenoxy) is 2. The molecule has 1 amide bonds. The first-order valence-corrected chi connectivity index (χ1v) is 4.78. The van der Waals surface area contributed by atoms with Gasteiger partial charge in [-0.25, -0.2) is 4.79 Å². The highest BCUT2D eigenvalue weighted by Crippen LogP contribution is 1.95. The van der Waals surface area contributed by atoms with Crippen LogP contribution in [-0.2, 0) is 19.1 Å². The van der Waals surface area contributed by atoms with E-state index in [1.165, 1.54) is 7.11 Å². The van der Waals surface area contributed by atoms with Crippen LogP contribution < -0.4 is 5.32 Å². The van der Waals surface area contributed by atoms with Crippen LogP contribution in [0.2, 0.25) is 0 Å². The molecule has 0 aromatic carbocycles. The molecule has 0 radical (unpaired) electrons. The lowest BCUT2D eigenvalue weighted by molar-refractivity contribution is -0.158. The first kappa shape index (κ1) is 13.6. The van der Waals surface area contributed by atoms with Gasteiger partial charge >= 0.3 is 5.97 Å². The van der Waals surface area contributed by atoms with E-state index in [9.17, 15) is 9.59 Å². The van der Waals surface area contributed by atoms with Crippen molar-refractivity contribution in [3.63, 3.8) is 0 Å². The molecular weight excluding hydrogens is 198 g/mol. The van der Waals surface area contributed by atoms with Crippen molar-refractivity contribution in [1.82, 2.24) is 5.32 Å². The van der Waals surface area contributed by atoms with E-state index in [-0.39, 0.29) is 0 Å². The highest BCUT2D eigenvalue weighted by molar-refractivity contribution is 5.90. The van der Waals surface area contributed by atoms with Crippen molar-refractivity contribution in [2.24, 2.45) is 0 Å². The Balaban J connectivity index is 4.12. The van der Waals surface area contributed by atoms with Gasteiger partial charge in [-0.2, -0.15) is 0 Å². The summed E-state index contributed by atoms with van der Waals surface area (Å²) in [7, 11) is 1.23. The van der Waals surface area contributed by atoms with Crippen LogP contribution in [0.15, 0.2) is 12.7 Å². The molecule has 0 aliphatic heterocycles. The van der Waals surface area contributed by atoms with E-state index in [0.717, 1.165) is 18.9 Å². The van der Waals surface area contributed by atoms with E-state index in [1.54, 1.807) is 0 Å². The van der Waals surface area contributed by atoms with Crippen LogP contribution in [0.3, 0.4) is 0 Å². The van der Waals surface area contributed by atoms with Crippen molar-refractivity contribution in [1.29, 1.82) is 0 Å². The molecule has 0 spiro atoms. The minimum Gasteiger partial charge on any atom is -0.466 e. The zero-order valence-electron chi connectivity index (χ0n) is 9.12. The lowest BCUT2D eigenvalue weighted by Crippen LogP contribution is -2.42. The molecule has 86 valence electrons. The highest BCUT2D eigenvalue weighted by atomic mass is 16.6. The standard InChI is InChI=1S/C10H17NO4/c1-4-6-7-15-9(10(13)14-3)11-8(12)5-2/h5,9H,2,4,6-7H2,1,3H3,(H,11,12). The van der Waals surface area contributed by atoms with Gasteiger partial charge in [-0.3, -0.25) is 4.79 Å². The predicted octanol–water partition coefficient (Wildman–Crippen LogP) is 0.604. The Labute approximate surface area is 89.4 Å². The minimum absolute atomic E-state index is 0.397. The first-order valence-electron chi connectivity index (χ1n) is 4.78. The Morgan fingerprint density at radius 3 is 2.67 bits per heavy atom. The van der Waals surface area contributed by atoms with Gasteiger partial charge in [0.15, 0.2) is 0 Å². The van der Waals surface area contributed by atoms with Gasteiger partial charge in [-0.1, -0.05) is 19.9 Å². The monoisotopic (exact) mass is 215 g/mol. The average Bonchev–Trinajstić information content (AvgIpc) is 2.26. The van der Waals surface area contributed by atoms with Crippen LogP contribution in [0, 0.1) is 0 Å². The number of carbonyl (C=O) groups excluding carboxylic acids is 2. The average molecular weight is 215 g/mol. The number of amides is 1. The zero-order chi connectivity index (χ0) is 11.7. The van der Waals surface area contributed by atoms with Gasteiger partial charge < -0.3 is 14.8 Å². The molecule has 0 aliphatic rings. The van der Waals surface area contributed by atoms with Crippen LogP contribution in [-0.4, -0.2) is 31.8 Å². The first-order chi connectivity index (χ1) is 7.15. The molecule has 0 saturated carbocycles. The quantitative estimate of drug-likeness (QED) is 0.292. The summed E-state index contributed by atoms with van der Waals surface area (Å²) < 4.78 is 9.63. The van der Waals surface area contributed by atoms with Gasteiger partial charge in [0.1, 0.15) is 0 Å². The molecule has 5 nitrogen and oxygen atoms in total. The molecule has 0 aromatic heterocycles. The van der Waals surface area contributed by atoms with Crippen molar-refractivity contribution in [3.8, 4) is 0 Å². The molecule has 1 unspecified atom stereocenters. The topological polar surface area (TPSA) is 64.6 Å². The second-order valence-electron chi connectivity index (χ2n) is 2.84. The fourth-order valence-corrected chi connectivity index (χ4v) is 0.809. The van der Waals surface area contributed by atoms with Gasteiger partial charge in [0.05, 0.1) is 7.11 Å². The molecule has 5 heteroatoms. The minimum atomic E-state index is -1.05. The maximum atomic E-state index is 11.2. The smallest absolute Gasteiger partial charge is 0.356 e. The van der Waals surface area contributed by atoms with E-state index in [0.29, 0.717) is 6.61 Å². The van der Waals surface area contributed by atoms with Crippen molar-refractivity contribution in [2.45, 2.75) is 26.0 Å². The van der Waals surface area contributed by atoms with E-state index < -0.39 is 18.1 Å². The fraction of sp³-hybridized carbons (Fsp3) is 0.600. The number of rotatable bonds is 7. The molecule has 1 N–H and O–H groups in total. The maximum absolute atomic E-state index is 11.2. The van der Waals surface area contributed by atoms with Crippen LogP contribution >= 0.6 is 0 Å². The normalized spacial score (nSPS) is 11.6. The largest absolute Gasteiger partial charge is 0.466 e. The number of methoxy groups -OCH3 is 1. The molecule has 15 heavy (non-hydrogen) atoms. The molecule has 0 aliphatic carbocycles. The fourth-order valence-electron chi connectivity index (χ4n) is 0.809. The van der Waals surface area contributed by atoms with Crippen molar-refractivity contribution in [2.75, 3.05) is 13.7 Å². The Kier molecular flexibility index (Phi) is 7.27. The summed E-state index contributed by atoms with van der Waals surface area (Å²) in [5, 5.41) is 2.32. The summed E-state index contributed by atoms with van der Waals surface area (Å²) in [5.41, 5.74) is 0. The van der Waals surface area contributed by atoms with Gasteiger partial charge in [0, 0.05) is 6.61 Å². The van der Waals surface area contributed by atoms with Crippen molar-refractivity contribution < 1.29 is 19.1 Å².